The van der Waals surface area contributed by atoms with Gasteiger partial charge in [-0.15, -0.1) is 10.2 Å². The molecule has 2 N–H and O–H groups in total. The van der Waals surface area contributed by atoms with Crippen molar-refractivity contribution in [1.29, 1.82) is 0 Å². The van der Waals surface area contributed by atoms with Gasteiger partial charge < -0.3 is 15.2 Å². The molecule has 1 aromatic heterocycles. The molecule has 0 atom stereocenters. The van der Waals surface area contributed by atoms with Gasteiger partial charge in [-0.3, -0.25) is 4.99 Å². The third-order valence-corrected chi connectivity index (χ3v) is 5.28. The number of hydrogen-bond acceptors (Lipinski definition) is 4. The highest BCUT2D eigenvalue weighted by molar-refractivity contribution is 7.98. The van der Waals surface area contributed by atoms with Crippen LogP contribution in [0.5, 0.6) is 0 Å². The Kier molecular flexibility index (Phi) is 9.44. The van der Waals surface area contributed by atoms with Gasteiger partial charge in [0.25, 0.3) is 0 Å². The maximum Gasteiger partial charge on any atom is 0.190 e. The van der Waals surface area contributed by atoms with Crippen LogP contribution in [0.1, 0.15) is 37.2 Å². The van der Waals surface area contributed by atoms with Crippen LogP contribution in [0, 0.1) is 18.7 Å². The van der Waals surface area contributed by atoms with E-state index < -0.39 is 0 Å². The van der Waals surface area contributed by atoms with Crippen LogP contribution in [0.3, 0.4) is 0 Å². The number of benzene rings is 1. The summed E-state index contributed by atoms with van der Waals surface area (Å²) in [4.78, 5) is 4.27. The lowest BCUT2D eigenvalue weighted by Crippen LogP contribution is -2.39. The van der Waals surface area contributed by atoms with Gasteiger partial charge in [-0.25, -0.2) is 4.39 Å². The van der Waals surface area contributed by atoms with E-state index >= 15 is 0 Å². The van der Waals surface area contributed by atoms with Gasteiger partial charge in [0, 0.05) is 33.1 Å². The van der Waals surface area contributed by atoms with Gasteiger partial charge in [-0.1, -0.05) is 31.7 Å². The lowest BCUT2D eigenvalue weighted by Gasteiger charge is -2.14. The largest absolute Gasteiger partial charge is 0.356 e. The zero-order valence-electron chi connectivity index (χ0n) is 18.1. The zero-order valence-corrected chi connectivity index (χ0v) is 18.9. The summed E-state index contributed by atoms with van der Waals surface area (Å²) in [5.74, 6) is 2.19. The number of aliphatic imine (C=N–C) groups is 1. The van der Waals surface area contributed by atoms with E-state index in [4.69, 9.17) is 0 Å². The summed E-state index contributed by atoms with van der Waals surface area (Å²) in [5.41, 5.74) is 2.12. The number of nitrogens with one attached hydrogen (secondary N) is 2. The molecular formula is C21H33FN6S. The maximum absolute atomic E-state index is 13.2. The van der Waals surface area contributed by atoms with Crippen molar-refractivity contribution in [2.75, 3.05) is 26.4 Å². The second-order valence-electron chi connectivity index (χ2n) is 7.46. The Hall–Kier alpha value is -2.09. The molecule has 8 heteroatoms. The Morgan fingerprint density at radius 2 is 1.97 bits per heavy atom. The Bertz CT molecular complexity index is 802. The summed E-state index contributed by atoms with van der Waals surface area (Å²) in [6.45, 7) is 8.84. The number of thioether (sulfide) groups is 1. The van der Waals surface area contributed by atoms with Crippen molar-refractivity contribution in [3.8, 4) is 0 Å². The van der Waals surface area contributed by atoms with Crippen LogP contribution in [0.2, 0.25) is 0 Å². The molecule has 160 valence electrons. The van der Waals surface area contributed by atoms with Crippen molar-refractivity contribution >= 4 is 17.7 Å². The molecule has 1 aromatic carbocycles. The molecule has 2 rings (SSSR count). The Balaban J connectivity index is 1.75. The maximum atomic E-state index is 13.2. The van der Waals surface area contributed by atoms with E-state index in [1.165, 1.54) is 6.07 Å². The van der Waals surface area contributed by atoms with E-state index in [2.05, 4.69) is 44.2 Å². The predicted octanol–water partition coefficient (Wildman–Crippen LogP) is 3.44. The minimum atomic E-state index is -0.189. The first-order chi connectivity index (χ1) is 13.9. The van der Waals surface area contributed by atoms with Gasteiger partial charge >= 0.3 is 0 Å². The van der Waals surface area contributed by atoms with Crippen LogP contribution in [0.4, 0.5) is 4.39 Å². The molecule has 0 aliphatic heterocycles. The molecule has 0 unspecified atom stereocenters. The van der Waals surface area contributed by atoms with Crippen LogP contribution >= 0.6 is 11.8 Å². The molecule has 0 bridgehead atoms. The molecule has 0 aliphatic carbocycles. The zero-order chi connectivity index (χ0) is 21.2. The summed E-state index contributed by atoms with van der Waals surface area (Å²) in [7, 11) is 1.77. The van der Waals surface area contributed by atoms with Gasteiger partial charge in [0.1, 0.15) is 11.6 Å². The van der Waals surface area contributed by atoms with E-state index in [1.807, 2.05) is 19.2 Å². The average molecular weight is 421 g/mol. The van der Waals surface area contributed by atoms with Gasteiger partial charge in [0.15, 0.2) is 11.1 Å². The minimum Gasteiger partial charge on any atom is -0.356 e. The minimum absolute atomic E-state index is 0.189. The molecule has 0 saturated carbocycles. The molecular weight excluding hydrogens is 387 g/mol. The van der Waals surface area contributed by atoms with Crippen molar-refractivity contribution in [3.63, 3.8) is 0 Å². The Morgan fingerprint density at radius 1 is 1.21 bits per heavy atom. The lowest BCUT2D eigenvalue weighted by molar-refractivity contribution is 0.477. The number of rotatable bonds is 10. The topological polar surface area (TPSA) is 67.1 Å². The molecule has 0 spiro atoms. The van der Waals surface area contributed by atoms with Gasteiger partial charge in [-0.05, 0) is 55.2 Å². The highest BCUT2D eigenvalue weighted by Crippen LogP contribution is 2.16. The van der Waals surface area contributed by atoms with Crippen LogP contribution in [0.15, 0.2) is 28.3 Å². The van der Waals surface area contributed by atoms with Crippen molar-refractivity contribution < 1.29 is 4.39 Å². The third kappa shape index (κ3) is 7.34. The number of aryl methyl sites for hydroxylation is 2. The Labute approximate surface area is 177 Å². The molecule has 0 aliphatic rings. The first-order valence-electron chi connectivity index (χ1n) is 10.1. The average Bonchev–Trinajstić information content (AvgIpc) is 3.06. The highest BCUT2D eigenvalue weighted by Gasteiger charge is 2.12. The summed E-state index contributed by atoms with van der Waals surface area (Å²) >= 11 is 1.64. The molecule has 2 aromatic rings. The van der Waals surface area contributed by atoms with Gasteiger partial charge in [0.05, 0.1) is 0 Å². The number of halogens is 1. The third-order valence-electron chi connectivity index (χ3n) is 4.61. The lowest BCUT2D eigenvalue weighted by atomic mass is 10.1. The van der Waals surface area contributed by atoms with Gasteiger partial charge in [0.2, 0.25) is 0 Å². The van der Waals surface area contributed by atoms with Crippen molar-refractivity contribution in [1.82, 2.24) is 25.4 Å². The molecule has 29 heavy (non-hydrogen) atoms. The first-order valence-corrected chi connectivity index (χ1v) is 11.3. The SMILES string of the molecule is CN=C(NCCCc1nnc(SC)n1CC(C)C)NCCc1ccc(F)cc1C. The number of nitrogens with zero attached hydrogens (tertiary/aromatic N) is 4. The second-order valence-corrected chi connectivity index (χ2v) is 8.23. The molecule has 0 radical (unpaired) electrons. The van der Waals surface area contributed by atoms with E-state index in [1.54, 1.807) is 24.9 Å². The van der Waals surface area contributed by atoms with Crippen LogP contribution in [-0.4, -0.2) is 47.1 Å². The first kappa shape index (κ1) is 23.2. The summed E-state index contributed by atoms with van der Waals surface area (Å²) in [6, 6.07) is 4.93. The molecule has 1 heterocycles. The molecule has 6 nitrogen and oxygen atoms in total. The van der Waals surface area contributed by atoms with Crippen LogP contribution < -0.4 is 10.6 Å². The molecule has 0 amide bonds. The quantitative estimate of drug-likeness (QED) is 0.267. The monoisotopic (exact) mass is 420 g/mol. The van der Waals surface area contributed by atoms with Gasteiger partial charge in [-0.2, -0.15) is 0 Å². The van der Waals surface area contributed by atoms with Crippen LogP contribution in [-0.2, 0) is 19.4 Å². The molecule has 0 saturated heterocycles. The standard InChI is InChI=1S/C21H33FN6S/c1-15(2)14-28-19(26-27-21(28)29-5)7-6-11-24-20(23-4)25-12-10-17-8-9-18(22)13-16(17)3/h8-9,13,15H,6-7,10-12,14H2,1-5H3,(H2,23,24,25). The fourth-order valence-corrected chi connectivity index (χ4v) is 3.66. The van der Waals surface area contributed by atoms with E-state index in [9.17, 15) is 4.39 Å². The summed E-state index contributed by atoms with van der Waals surface area (Å²) in [6.07, 6.45) is 4.68. The fraction of sp³-hybridized carbons (Fsp3) is 0.571. The number of hydrogen-bond donors (Lipinski definition) is 2. The highest BCUT2D eigenvalue weighted by atomic mass is 32.2. The Morgan fingerprint density at radius 3 is 2.62 bits per heavy atom. The second kappa shape index (κ2) is 11.8. The van der Waals surface area contributed by atoms with E-state index in [0.29, 0.717) is 5.92 Å². The number of guanidine groups is 1. The predicted molar refractivity (Wildman–Crippen MR) is 119 cm³/mol. The fourth-order valence-electron chi connectivity index (χ4n) is 3.13. The van der Waals surface area contributed by atoms with Crippen molar-refractivity contribution in [2.45, 2.75) is 51.7 Å². The van der Waals surface area contributed by atoms with Crippen molar-refractivity contribution in [3.05, 3.63) is 41.0 Å². The van der Waals surface area contributed by atoms with Crippen molar-refractivity contribution in [2.24, 2.45) is 10.9 Å². The summed E-state index contributed by atoms with van der Waals surface area (Å²) < 4.78 is 15.4. The number of aromatic nitrogens is 3. The van der Waals surface area contributed by atoms with E-state index in [-0.39, 0.29) is 5.82 Å². The van der Waals surface area contributed by atoms with Crippen LogP contribution in [0.25, 0.3) is 0 Å². The van der Waals surface area contributed by atoms with E-state index in [0.717, 1.165) is 67.0 Å². The molecule has 0 fully saturated rings. The summed E-state index contributed by atoms with van der Waals surface area (Å²) in [5, 5.41) is 16.3. The smallest absolute Gasteiger partial charge is 0.190 e. The normalized spacial score (nSPS) is 11.9.